The van der Waals surface area contributed by atoms with Gasteiger partial charge in [-0.25, -0.2) is 4.98 Å². The Kier molecular flexibility index (Phi) is 5.10. The molecule has 1 atom stereocenters. The molecule has 0 radical (unpaired) electrons. The van der Waals surface area contributed by atoms with E-state index in [2.05, 4.69) is 15.2 Å². The fourth-order valence-corrected chi connectivity index (χ4v) is 1.96. The lowest BCUT2D eigenvalue weighted by Gasteiger charge is -2.27. The van der Waals surface area contributed by atoms with E-state index in [0.717, 1.165) is 24.5 Å². The lowest BCUT2D eigenvalue weighted by atomic mass is 10.1. The van der Waals surface area contributed by atoms with Crippen LogP contribution in [0.4, 0.5) is 5.82 Å². The zero-order chi connectivity index (χ0) is 15.2. The van der Waals surface area contributed by atoms with Crippen LogP contribution in [0.25, 0.3) is 0 Å². The zero-order valence-electron chi connectivity index (χ0n) is 11.9. The SMILES string of the molecule is CC(C(=O)O)C(=O)NCc1ccc(N2CCOCC2)nc1. The molecule has 2 rings (SSSR count). The minimum Gasteiger partial charge on any atom is -0.481 e. The topological polar surface area (TPSA) is 91.8 Å². The smallest absolute Gasteiger partial charge is 0.315 e. The Balaban J connectivity index is 1.87. The highest BCUT2D eigenvalue weighted by Gasteiger charge is 2.19. The van der Waals surface area contributed by atoms with E-state index in [4.69, 9.17) is 9.84 Å². The number of hydrogen-bond acceptors (Lipinski definition) is 5. The number of carboxylic acids is 1. The fraction of sp³-hybridized carbons (Fsp3) is 0.500. The number of aliphatic carboxylic acids is 1. The Morgan fingerprint density at radius 3 is 2.71 bits per heavy atom. The minimum absolute atomic E-state index is 0.271. The maximum atomic E-state index is 11.5. The lowest BCUT2D eigenvalue weighted by Crippen LogP contribution is -2.36. The summed E-state index contributed by atoms with van der Waals surface area (Å²) >= 11 is 0. The number of carboxylic acid groups (broad SMARTS) is 1. The van der Waals surface area contributed by atoms with Gasteiger partial charge in [0.1, 0.15) is 11.7 Å². The quantitative estimate of drug-likeness (QED) is 0.756. The molecule has 1 aliphatic rings. The van der Waals surface area contributed by atoms with Crippen LogP contribution in [-0.4, -0.2) is 48.3 Å². The standard InChI is InChI=1S/C14H19N3O4/c1-10(14(19)20)13(18)16-9-11-2-3-12(15-8-11)17-4-6-21-7-5-17/h2-3,8,10H,4-7,9H2,1H3,(H,16,18)(H,19,20). The summed E-state index contributed by atoms with van der Waals surface area (Å²) in [7, 11) is 0. The molecule has 1 aromatic heterocycles. The Bertz CT molecular complexity index is 497. The van der Waals surface area contributed by atoms with Crippen molar-refractivity contribution in [2.24, 2.45) is 5.92 Å². The molecule has 0 spiro atoms. The van der Waals surface area contributed by atoms with Crippen molar-refractivity contribution < 1.29 is 19.4 Å². The molecule has 0 bridgehead atoms. The summed E-state index contributed by atoms with van der Waals surface area (Å²) in [6, 6.07) is 3.77. The third kappa shape index (κ3) is 4.16. The fourth-order valence-electron chi connectivity index (χ4n) is 1.96. The van der Waals surface area contributed by atoms with Crippen LogP contribution < -0.4 is 10.2 Å². The molecule has 1 amide bonds. The molecule has 0 saturated carbocycles. The molecule has 1 unspecified atom stereocenters. The molecule has 7 nitrogen and oxygen atoms in total. The van der Waals surface area contributed by atoms with Gasteiger partial charge in [-0.15, -0.1) is 0 Å². The van der Waals surface area contributed by atoms with Gasteiger partial charge in [-0.1, -0.05) is 6.07 Å². The van der Waals surface area contributed by atoms with E-state index in [0.29, 0.717) is 13.2 Å². The van der Waals surface area contributed by atoms with Crippen LogP contribution in [0.1, 0.15) is 12.5 Å². The van der Waals surface area contributed by atoms with Crippen molar-refractivity contribution in [3.63, 3.8) is 0 Å². The van der Waals surface area contributed by atoms with Gasteiger partial charge in [0.2, 0.25) is 5.91 Å². The van der Waals surface area contributed by atoms with E-state index in [1.807, 2.05) is 12.1 Å². The van der Waals surface area contributed by atoms with Crippen LogP contribution in [-0.2, 0) is 20.9 Å². The second-order valence-electron chi connectivity index (χ2n) is 4.90. The summed E-state index contributed by atoms with van der Waals surface area (Å²) in [6.07, 6.45) is 1.69. The zero-order valence-corrected chi connectivity index (χ0v) is 11.9. The van der Waals surface area contributed by atoms with E-state index >= 15 is 0 Å². The summed E-state index contributed by atoms with van der Waals surface area (Å²) < 4.78 is 5.29. The Morgan fingerprint density at radius 1 is 1.43 bits per heavy atom. The molecule has 1 saturated heterocycles. The summed E-state index contributed by atoms with van der Waals surface area (Å²) in [5.41, 5.74) is 0.831. The first kappa shape index (κ1) is 15.2. The van der Waals surface area contributed by atoms with Crippen molar-refractivity contribution in [2.75, 3.05) is 31.2 Å². The number of nitrogens with one attached hydrogen (secondary N) is 1. The number of morpholine rings is 1. The van der Waals surface area contributed by atoms with Gasteiger partial charge in [0.25, 0.3) is 0 Å². The van der Waals surface area contributed by atoms with Crippen LogP contribution in [0.15, 0.2) is 18.3 Å². The van der Waals surface area contributed by atoms with Crippen molar-refractivity contribution >= 4 is 17.7 Å². The first-order valence-corrected chi connectivity index (χ1v) is 6.86. The number of carbonyl (C=O) groups is 2. The molecule has 1 aliphatic heterocycles. The van der Waals surface area contributed by atoms with Gasteiger partial charge in [-0.05, 0) is 18.6 Å². The van der Waals surface area contributed by atoms with Gasteiger partial charge in [-0.2, -0.15) is 0 Å². The Morgan fingerprint density at radius 2 is 2.14 bits per heavy atom. The highest BCUT2D eigenvalue weighted by molar-refractivity contribution is 5.96. The van der Waals surface area contributed by atoms with Gasteiger partial charge in [-0.3, -0.25) is 9.59 Å². The molecule has 21 heavy (non-hydrogen) atoms. The summed E-state index contributed by atoms with van der Waals surface area (Å²) in [5, 5.41) is 11.3. The normalized spacial score (nSPS) is 16.3. The molecule has 0 aromatic carbocycles. The maximum absolute atomic E-state index is 11.5. The largest absolute Gasteiger partial charge is 0.481 e. The monoisotopic (exact) mass is 293 g/mol. The number of anilines is 1. The van der Waals surface area contributed by atoms with E-state index in [1.54, 1.807) is 6.20 Å². The molecular formula is C14H19N3O4. The van der Waals surface area contributed by atoms with Gasteiger partial charge in [0, 0.05) is 25.8 Å². The number of aromatic nitrogens is 1. The molecule has 0 aliphatic carbocycles. The summed E-state index contributed by atoms with van der Waals surface area (Å²) in [6.45, 7) is 4.67. The van der Waals surface area contributed by atoms with Gasteiger partial charge >= 0.3 is 5.97 Å². The average Bonchev–Trinajstić information content (AvgIpc) is 2.53. The third-order valence-electron chi connectivity index (χ3n) is 3.37. The second kappa shape index (κ2) is 7.03. The first-order valence-electron chi connectivity index (χ1n) is 6.86. The molecule has 2 N–H and O–H groups in total. The second-order valence-corrected chi connectivity index (χ2v) is 4.90. The predicted molar refractivity (Wildman–Crippen MR) is 75.9 cm³/mol. The number of rotatable bonds is 5. The first-order chi connectivity index (χ1) is 10.1. The van der Waals surface area contributed by atoms with Crippen molar-refractivity contribution in [1.29, 1.82) is 0 Å². The highest BCUT2D eigenvalue weighted by Crippen LogP contribution is 2.13. The van der Waals surface area contributed by atoms with Crippen molar-refractivity contribution in [1.82, 2.24) is 10.3 Å². The van der Waals surface area contributed by atoms with Gasteiger partial charge in [0.15, 0.2) is 0 Å². The molecule has 2 heterocycles. The van der Waals surface area contributed by atoms with Crippen LogP contribution in [0.5, 0.6) is 0 Å². The van der Waals surface area contributed by atoms with E-state index in [1.165, 1.54) is 6.92 Å². The third-order valence-corrected chi connectivity index (χ3v) is 3.37. The molecular weight excluding hydrogens is 274 g/mol. The van der Waals surface area contributed by atoms with E-state index < -0.39 is 17.8 Å². The van der Waals surface area contributed by atoms with Crippen LogP contribution in [0, 0.1) is 5.92 Å². The number of ether oxygens (including phenoxy) is 1. The Labute approximate surface area is 122 Å². The summed E-state index contributed by atoms with van der Waals surface area (Å²) in [5.74, 6) is -1.80. The maximum Gasteiger partial charge on any atom is 0.315 e. The molecule has 114 valence electrons. The van der Waals surface area contributed by atoms with Crippen molar-refractivity contribution in [3.05, 3.63) is 23.9 Å². The number of carbonyl (C=O) groups excluding carboxylic acids is 1. The van der Waals surface area contributed by atoms with Crippen LogP contribution in [0.2, 0.25) is 0 Å². The van der Waals surface area contributed by atoms with Gasteiger partial charge < -0.3 is 20.1 Å². The van der Waals surface area contributed by atoms with Crippen LogP contribution >= 0.6 is 0 Å². The number of pyridine rings is 1. The average molecular weight is 293 g/mol. The molecule has 1 fully saturated rings. The summed E-state index contributed by atoms with van der Waals surface area (Å²) in [4.78, 5) is 28.7. The highest BCUT2D eigenvalue weighted by atomic mass is 16.5. The van der Waals surface area contributed by atoms with E-state index in [9.17, 15) is 9.59 Å². The Hall–Kier alpha value is -2.15. The lowest BCUT2D eigenvalue weighted by molar-refractivity contribution is -0.146. The van der Waals surface area contributed by atoms with E-state index in [-0.39, 0.29) is 6.54 Å². The van der Waals surface area contributed by atoms with Crippen molar-refractivity contribution in [2.45, 2.75) is 13.5 Å². The number of amides is 1. The van der Waals surface area contributed by atoms with Gasteiger partial charge in [0.05, 0.1) is 13.2 Å². The van der Waals surface area contributed by atoms with Crippen molar-refractivity contribution in [3.8, 4) is 0 Å². The number of hydrogen-bond donors (Lipinski definition) is 2. The minimum atomic E-state index is -1.13. The molecule has 1 aromatic rings. The van der Waals surface area contributed by atoms with Crippen LogP contribution in [0.3, 0.4) is 0 Å². The number of nitrogens with zero attached hydrogens (tertiary/aromatic N) is 2. The predicted octanol–water partition coefficient (Wildman–Crippen LogP) is 0.255. The molecule has 7 heteroatoms.